The van der Waals surface area contributed by atoms with Gasteiger partial charge in [0.25, 0.3) is 5.91 Å². The molecule has 176 valence electrons. The van der Waals surface area contributed by atoms with Gasteiger partial charge in [0.1, 0.15) is 11.6 Å². The molecule has 9 heteroatoms. The first-order valence-electron chi connectivity index (χ1n) is 11.3. The standard InChI is InChI=1S/C23H33FN4O4/c1-15(2)21-26-23(32-27-21)28-10-8-17(9-11-28)5-4-12-31-18-6-7-19(20(24)13-18)22(30)25-14-16(3)29/h6-7,13,15-17,29H,4-5,8-12,14H2,1-3H3,(H,25,30)/t16-/m1/s1. The number of aliphatic hydroxyl groups is 1. The molecule has 1 amide bonds. The van der Waals surface area contributed by atoms with Crippen molar-refractivity contribution in [3.63, 3.8) is 0 Å². The maximum Gasteiger partial charge on any atom is 0.324 e. The van der Waals surface area contributed by atoms with Gasteiger partial charge in [-0.2, -0.15) is 4.98 Å². The predicted molar refractivity (Wildman–Crippen MR) is 118 cm³/mol. The van der Waals surface area contributed by atoms with E-state index >= 15 is 0 Å². The number of carbonyl (C=O) groups is 1. The number of amides is 1. The first kappa shape index (κ1) is 24.0. The van der Waals surface area contributed by atoms with Gasteiger partial charge >= 0.3 is 6.01 Å². The molecule has 1 atom stereocenters. The monoisotopic (exact) mass is 448 g/mol. The molecule has 1 fully saturated rings. The summed E-state index contributed by atoms with van der Waals surface area (Å²) in [5, 5.41) is 15.7. The molecular formula is C23H33FN4O4. The summed E-state index contributed by atoms with van der Waals surface area (Å²) < 4.78 is 25.3. The fraction of sp³-hybridized carbons (Fsp3) is 0.609. The Labute approximate surface area is 188 Å². The Balaban J connectivity index is 1.36. The van der Waals surface area contributed by atoms with Gasteiger partial charge in [-0.25, -0.2) is 4.39 Å². The molecule has 1 aliphatic heterocycles. The van der Waals surface area contributed by atoms with E-state index in [-0.39, 0.29) is 18.0 Å². The number of nitrogens with zero attached hydrogens (tertiary/aromatic N) is 3. The molecule has 2 aromatic rings. The first-order chi connectivity index (χ1) is 15.3. The third kappa shape index (κ3) is 6.66. The number of rotatable bonds is 10. The van der Waals surface area contributed by atoms with Crippen LogP contribution in [0, 0.1) is 11.7 Å². The summed E-state index contributed by atoms with van der Waals surface area (Å²) in [5.74, 6) is 0.814. The average molecular weight is 449 g/mol. The van der Waals surface area contributed by atoms with Crippen molar-refractivity contribution >= 4 is 11.9 Å². The minimum Gasteiger partial charge on any atom is -0.493 e. The number of anilines is 1. The lowest BCUT2D eigenvalue weighted by Crippen LogP contribution is -2.34. The summed E-state index contributed by atoms with van der Waals surface area (Å²) >= 11 is 0. The van der Waals surface area contributed by atoms with Gasteiger partial charge in [0.05, 0.1) is 18.3 Å². The second-order valence-electron chi connectivity index (χ2n) is 8.71. The molecule has 0 saturated carbocycles. The highest BCUT2D eigenvalue weighted by molar-refractivity contribution is 5.94. The van der Waals surface area contributed by atoms with Crippen molar-refractivity contribution < 1.29 is 23.6 Å². The minimum absolute atomic E-state index is 0.0634. The summed E-state index contributed by atoms with van der Waals surface area (Å²) in [6.45, 7) is 8.00. The summed E-state index contributed by atoms with van der Waals surface area (Å²) in [5.41, 5.74) is -0.0634. The lowest BCUT2D eigenvalue weighted by Gasteiger charge is -2.30. The van der Waals surface area contributed by atoms with Crippen LogP contribution in [0.15, 0.2) is 22.7 Å². The van der Waals surface area contributed by atoms with E-state index in [9.17, 15) is 14.3 Å². The van der Waals surface area contributed by atoms with Crippen LogP contribution < -0.4 is 15.0 Å². The molecule has 1 aromatic carbocycles. The molecule has 1 saturated heterocycles. The number of ether oxygens (including phenoxy) is 1. The van der Waals surface area contributed by atoms with Crippen LogP contribution in [-0.2, 0) is 0 Å². The van der Waals surface area contributed by atoms with Crippen molar-refractivity contribution in [2.24, 2.45) is 5.92 Å². The van der Waals surface area contributed by atoms with Crippen molar-refractivity contribution in [3.8, 4) is 5.75 Å². The van der Waals surface area contributed by atoms with E-state index in [1.54, 1.807) is 13.0 Å². The van der Waals surface area contributed by atoms with Crippen LogP contribution in [0.1, 0.15) is 68.6 Å². The number of nitrogens with one attached hydrogen (secondary N) is 1. The maximum absolute atomic E-state index is 14.2. The van der Waals surface area contributed by atoms with Gasteiger partial charge in [0, 0.05) is 31.6 Å². The van der Waals surface area contributed by atoms with Crippen molar-refractivity contribution in [2.45, 2.75) is 58.5 Å². The molecular weight excluding hydrogens is 415 g/mol. The Kier molecular flexibility index (Phi) is 8.44. The van der Waals surface area contributed by atoms with Gasteiger partial charge in [-0.05, 0) is 50.7 Å². The summed E-state index contributed by atoms with van der Waals surface area (Å²) in [7, 11) is 0. The van der Waals surface area contributed by atoms with Gasteiger partial charge in [0.2, 0.25) is 0 Å². The molecule has 0 unspecified atom stereocenters. The molecule has 0 bridgehead atoms. The van der Waals surface area contributed by atoms with E-state index in [1.165, 1.54) is 12.1 Å². The third-order valence-corrected chi connectivity index (χ3v) is 5.60. The van der Waals surface area contributed by atoms with E-state index in [0.717, 1.165) is 44.6 Å². The molecule has 8 nitrogen and oxygen atoms in total. The number of aromatic nitrogens is 2. The lowest BCUT2D eigenvalue weighted by atomic mass is 9.92. The van der Waals surface area contributed by atoms with Crippen molar-refractivity contribution in [2.75, 3.05) is 31.1 Å². The Morgan fingerprint density at radius 1 is 1.34 bits per heavy atom. The van der Waals surface area contributed by atoms with Gasteiger partial charge in [-0.3, -0.25) is 4.79 Å². The van der Waals surface area contributed by atoms with Crippen LogP contribution in [0.25, 0.3) is 0 Å². The van der Waals surface area contributed by atoms with Crippen LogP contribution in [-0.4, -0.2) is 53.5 Å². The van der Waals surface area contributed by atoms with Gasteiger partial charge in [-0.15, -0.1) is 0 Å². The predicted octanol–water partition coefficient (Wildman–Crippen LogP) is 3.52. The highest BCUT2D eigenvalue weighted by Crippen LogP contribution is 2.26. The number of hydrogen-bond donors (Lipinski definition) is 2. The number of carbonyl (C=O) groups excluding carboxylic acids is 1. The van der Waals surface area contributed by atoms with Crippen LogP contribution in [0.3, 0.4) is 0 Å². The van der Waals surface area contributed by atoms with Crippen molar-refractivity contribution in [1.82, 2.24) is 15.5 Å². The Bertz CT molecular complexity index is 879. The zero-order chi connectivity index (χ0) is 23.1. The first-order valence-corrected chi connectivity index (χ1v) is 11.3. The number of halogens is 1. The fourth-order valence-corrected chi connectivity index (χ4v) is 3.67. The zero-order valence-corrected chi connectivity index (χ0v) is 19.0. The van der Waals surface area contributed by atoms with E-state index in [1.807, 2.05) is 13.8 Å². The van der Waals surface area contributed by atoms with E-state index in [2.05, 4.69) is 20.4 Å². The summed E-state index contributed by atoms with van der Waals surface area (Å²) in [6.07, 6.45) is 3.35. The smallest absolute Gasteiger partial charge is 0.324 e. The second-order valence-corrected chi connectivity index (χ2v) is 8.71. The normalized spacial score (nSPS) is 15.8. The largest absolute Gasteiger partial charge is 0.493 e. The van der Waals surface area contributed by atoms with E-state index in [4.69, 9.17) is 9.26 Å². The average Bonchev–Trinajstić information content (AvgIpc) is 3.26. The van der Waals surface area contributed by atoms with Crippen molar-refractivity contribution in [3.05, 3.63) is 35.4 Å². The SMILES string of the molecule is CC(C)c1noc(N2CCC(CCCOc3ccc(C(=O)NC[C@@H](C)O)c(F)c3)CC2)n1. The topological polar surface area (TPSA) is 101 Å². The number of aliphatic hydroxyl groups excluding tert-OH is 1. The Morgan fingerprint density at radius 2 is 2.09 bits per heavy atom. The van der Waals surface area contributed by atoms with Gasteiger partial charge < -0.3 is 24.6 Å². The van der Waals surface area contributed by atoms with E-state index < -0.39 is 17.8 Å². The van der Waals surface area contributed by atoms with Crippen LogP contribution in [0.5, 0.6) is 5.75 Å². The molecule has 0 spiro atoms. The molecule has 2 heterocycles. The lowest BCUT2D eigenvalue weighted by molar-refractivity contribution is 0.0920. The van der Waals surface area contributed by atoms with Gasteiger partial charge in [0.15, 0.2) is 5.82 Å². The molecule has 32 heavy (non-hydrogen) atoms. The molecule has 2 N–H and O–H groups in total. The highest BCUT2D eigenvalue weighted by Gasteiger charge is 2.23. The Morgan fingerprint density at radius 3 is 2.72 bits per heavy atom. The van der Waals surface area contributed by atoms with Crippen LogP contribution >= 0.6 is 0 Å². The molecule has 1 aromatic heterocycles. The van der Waals surface area contributed by atoms with Crippen molar-refractivity contribution in [1.29, 1.82) is 0 Å². The molecule has 0 aliphatic carbocycles. The quantitative estimate of drug-likeness (QED) is 0.536. The maximum atomic E-state index is 14.2. The van der Waals surface area contributed by atoms with E-state index in [0.29, 0.717) is 24.3 Å². The fourth-order valence-electron chi connectivity index (χ4n) is 3.67. The highest BCUT2D eigenvalue weighted by atomic mass is 19.1. The van der Waals surface area contributed by atoms with Crippen LogP contribution in [0.2, 0.25) is 0 Å². The van der Waals surface area contributed by atoms with Gasteiger partial charge in [-0.1, -0.05) is 19.0 Å². The molecule has 1 aliphatic rings. The summed E-state index contributed by atoms with van der Waals surface area (Å²) in [4.78, 5) is 18.6. The molecule has 3 rings (SSSR count). The number of piperidine rings is 1. The molecule has 0 radical (unpaired) electrons. The zero-order valence-electron chi connectivity index (χ0n) is 19.0. The second kappa shape index (κ2) is 11.3. The third-order valence-electron chi connectivity index (χ3n) is 5.60. The number of hydrogen-bond acceptors (Lipinski definition) is 7. The summed E-state index contributed by atoms with van der Waals surface area (Å²) in [6, 6.07) is 4.83. The minimum atomic E-state index is -0.687. The number of benzene rings is 1. The van der Waals surface area contributed by atoms with Crippen LogP contribution in [0.4, 0.5) is 10.4 Å². The Hall–Kier alpha value is -2.68.